The van der Waals surface area contributed by atoms with Crippen molar-refractivity contribution in [2.45, 2.75) is 0 Å². The lowest BCUT2D eigenvalue weighted by atomic mass is 10.1. The number of hydrogen-bond donors (Lipinski definition) is 0. The summed E-state index contributed by atoms with van der Waals surface area (Å²) >= 11 is 1.63. The zero-order valence-electron chi connectivity index (χ0n) is 19.2. The van der Waals surface area contributed by atoms with Crippen LogP contribution in [0.2, 0.25) is 0 Å². The molecular weight excluding hydrogens is 463 g/mol. The van der Waals surface area contributed by atoms with Crippen LogP contribution in [0.15, 0.2) is 145 Å². The van der Waals surface area contributed by atoms with E-state index in [9.17, 15) is 4.79 Å². The molecule has 0 saturated heterocycles. The van der Waals surface area contributed by atoms with Crippen LogP contribution in [0, 0.1) is 0 Å². The average molecular weight is 489 g/mol. The van der Waals surface area contributed by atoms with Crippen LogP contribution in [0.25, 0.3) is 6.08 Å². The monoisotopic (exact) mass is 488 g/mol. The van der Waals surface area contributed by atoms with E-state index in [0.29, 0.717) is 0 Å². The Balaban J connectivity index is 1.96. The molecular formula is C32H25OPS. The number of thiophene rings is 1. The minimum absolute atomic E-state index is 0.0366. The van der Waals surface area contributed by atoms with Gasteiger partial charge in [-0.15, -0.1) is 11.3 Å². The van der Waals surface area contributed by atoms with Crippen LogP contribution in [0.5, 0.6) is 0 Å². The summed E-state index contributed by atoms with van der Waals surface area (Å²) in [5, 5.41) is 6.35. The molecule has 0 aliphatic carbocycles. The Hall–Kier alpha value is -3.71. The van der Waals surface area contributed by atoms with Crippen molar-refractivity contribution in [3.05, 3.63) is 155 Å². The highest BCUT2D eigenvalue weighted by Gasteiger charge is 2.33. The minimum Gasteiger partial charge on any atom is -0.289 e. The Labute approximate surface area is 211 Å². The molecule has 0 aliphatic heterocycles. The van der Waals surface area contributed by atoms with Gasteiger partial charge in [-0.3, -0.25) is 4.79 Å². The van der Waals surface area contributed by atoms with Gasteiger partial charge in [0.25, 0.3) is 0 Å². The van der Waals surface area contributed by atoms with Crippen molar-refractivity contribution in [3.8, 4) is 0 Å². The molecule has 0 N–H and O–H groups in total. The van der Waals surface area contributed by atoms with Gasteiger partial charge in [0.1, 0.15) is 0 Å². The molecule has 0 spiro atoms. The van der Waals surface area contributed by atoms with Crippen molar-refractivity contribution in [2.75, 3.05) is 0 Å². The van der Waals surface area contributed by atoms with Gasteiger partial charge in [-0.2, -0.15) is 0 Å². The highest BCUT2D eigenvalue weighted by Crippen LogP contribution is 2.48. The number of allylic oxidation sites excluding steroid dienone is 1. The quantitative estimate of drug-likeness (QED) is 0.188. The topological polar surface area (TPSA) is 17.1 Å². The molecule has 1 heterocycles. The first kappa shape index (κ1) is 23.1. The summed E-state index contributed by atoms with van der Waals surface area (Å²) < 4.78 is 0. The van der Waals surface area contributed by atoms with E-state index in [0.717, 1.165) is 31.6 Å². The van der Waals surface area contributed by atoms with E-state index in [-0.39, 0.29) is 5.78 Å². The molecule has 170 valence electrons. The number of benzene rings is 4. The number of rotatable bonds is 7. The van der Waals surface area contributed by atoms with Gasteiger partial charge >= 0.3 is 0 Å². The van der Waals surface area contributed by atoms with Crippen LogP contribution in [-0.2, 0) is 4.79 Å². The molecule has 0 amide bonds. The maximum absolute atomic E-state index is 14.3. The van der Waals surface area contributed by atoms with E-state index in [2.05, 4.69) is 84.9 Å². The second-order valence-electron chi connectivity index (χ2n) is 8.11. The highest BCUT2D eigenvalue weighted by atomic mass is 32.1. The van der Waals surface area contributed by atoms with Crippen LogP contribution in [0.3, 0.4) is 0 Å². The van der Waals surface area contributed by atoms with Gasteiger partial charge in [0.2, 0.25) is 0 Å². The number of hydrogen-bond acceptors (Lipinski definition) is 2. The Morgan fingerprint density at radius 2 is 1.03 bits per heavy atom. The van der Waals surface area contributed by atoms with Gasteiger partial charge in [0.15, 0.2) is 5.78 Å². The average Bonchev–Trinajstić information content (AvgIpc) is 3.46. The SMILES string of the molecule is O=C(/C=C/c1cccs1)C(c1ccccc1)=P(c1ccccc1)(c1ccccc1)c1ccccc1. The van der Waals surface area contributed by atoms with Crippen LogP contribution in [0.1, 0.15) is 10.4 Å². The molecule has 0 aliphatic rings. The zero-order chi connectivity index (χ0) is 23.9. The van der Waals surface area contributed by atoms with E-state index in [4.69, 9.17) is 0 Å². The third-order valence-electron chi connectivity index (χ3n) is 5.99. The summed E-state index contributed by atoms with van der Waals surface area (Å²) in [6.45, 7) is -2.53. The summed E-state index contributed by atoms with van der Waals surface area (Å²) in [7, 11) is 0. The van der Waals surface area contributed by atoms with E-state index in [1.165, 1.54) is 0 Å². The molecule has 4 aromatic carbocycles. The first-order valence-electron chi connectivity index (χ1n) is 11.5. The predicted octanol–water partition coefficient (Wildman–Crippen LogP) is 6.55. The molecule has 5 aromatic rings. The molecule has 1 aromatic heterocycles. The molecule has 1 nitrogen and oxygen atoms in total. The minimum atomic E-state index is -2.53. The summed E-state index contributed by atoms with van der Waals surface area (Å²) in [6, 6.07) is 45.8. The Kier molecular flexibility index (Phi) is 7.04. The Morgan fingerprint density at radius 3 is 1.46 bits per heavy atom. The fourth-order valence-electron chi connectivity index (χ4n) is 4.51. The number of carbonyl (C=O) groups excluding carboxylic acids is 1. The maximum atomic E-state index is 14.3. The standard InChI is InChI=1S/C32H25OPS/c33-31(24-23-30-22-13-25-35-30)32(26-14-5-1-6-15-26)34(27-16-7-2-8-17-27,28-18-9-3-10-19-28)29-20-11-4-12-21-29/h1-25H/b24-23+. The summed E-state index contributed by atoms with van der Waals surface area (Å²) in [4.78, 5) is 15.4. The fraction of sp³-hybridized carbons (Fsp3) is 0. The number of ketones is 1. The van der Waals surface area contributed by atoms with E-state index >= 15 is 0 Å². The van der Waals surface area contributed by atoms with E-state index < -0.39 is 6.89 Å². The predicted molar refractivity (Wildman–Crippen MR) is 154 cm³/mol. The molecule has 0 unspecified atom stereocenters. The van der Waals surface area contributed by atoms with Gasteiger partial charge in [-0.25, -0.2) is 0 Å². The third kappa shape index (κ3) is 4.64. The lowest BCUT2D eigenvalue weighted by Crippen LogP contribution is -2.33. The Bertz CT molecular complexity index is 1370. The van der Waals surface area contributed by atoms with Crippen LogP contribution >= 0.6 is 18.2 Å². The van der Waals surface area contributed by atoms with E-state index in [1.54, 1.807) is 17.4 Å². The zero-order valence-corrected chi connectivity index (χ0v) is 20.9. The normalized spacial score (nSPS) is 11.4. The van der Waals surface area contributed by atoms with Gasteiger partial charge < -0.3 is 0 Å². The lowest BCUT2D eigenvalue weighted by molar-refractivity contribution is -0.108. The molecule has 35 heavy (non-hydrogen) atoms. The largest absolute Gasteiger partial charge is 0.289 e. The first-order valence-corrected chi connectivity index (χ1v) is 14.2. The molecule has 5 rings (SSSR count). The van der Waals surface area contributed by atoms with Crippen LogP contribution in [-0.4, -0.2) is 11.1 Å². The van der Waals surface area contributed by atoms with Gasteiger partial charge in [0, 0.05) is 10.2 Å². The van der Waals surface area contributed by atoms with Crippen LogP contribution in [0.4, 0.5) is 0 Å². The smallest absolute Gasteiger partial charge is 0.187 e. The number of carbonyl (C=O) groups is 1. The summed E-state index contributed by atoms with van der Waals surface area (Å²) in [5.74, 6) is 0.0366. The van der Waals surface area contributed by atoms with Crippen molar-refractivity contribution in [2.24, 2.45) is 0 Å². The van der Waals surface area contributed by atoms with E-state index in [1.807, 2.05) is 60.0 Å². The van der Waals surface area contributed by atoms with Crippen LogP contribution < -0.4 is 15.9 Å². The summed E-state index contributed by atoms with van der Waals surface area (Å²) in [5.41, 5.74) is 0.957. The highest BCUT2D eigenvalue weighted by molar-refractivity contribution is 7.96. The second kappa shape index (κ2) is 10.7. The van der Waals surface area contributed by atoms with Crippen molar-refractivity contribution in [3.63, 3.8) is 0 Å². The maximum Gasteiger partial charge on any atom is 0.187 e. The third-order valence-corrected chi connectivity index (χ3v) is 11.2. The van der Waals surface area contributed by atoms with Crippen molar-refractivity contribution in [1.82, 2.24) is 0 Å². The van der Waals surface area contributed by atoms with Gasteiger partial charge in [0.05, 0.1) is 0 Å². The Morgan fingerprint density at radius 1 is 0.571 bits per heavy atom. The molecule has 0 atom stereocenters. The second-order valence-corrected chi connectivity index (χ2v) is 12.4. The van der Waals surface area contributed by atoms with Crippen molar-refractivity contribution >= 4 is 51.3 Å². The van der Waals surface area contributed by atoms with Crippen molar-refractivity contribution in [1.29, 1.82) is 0 Å². The molecule has 0 bridgehead atoms. The van der Waals surface area contributed by atoms with Crippen molar-refractivity contribution < 1.29 is 4.79 Å². The fourth-order valence-corrected chi connectivity index (χ4v) is 9.60. The molecule has 0 radical (unpaired) electrons. The summed E-state index contributed by atoms with van der Waals surface area (Å²) in [6.07, 6.45) is 3.68. The molecule has 3 heteroatoms. The molecule has 0 fully saturated rings. The first-order chi connectivity index (χ1) is 17.3. The lowest BCUT2D eigenvalue weighted by Gasteiger charge is -2.32. The molecule has 0 saturated carbocycles. The van der Waals surface area contributed by atoms with Gasteiger partial charge in [-0.1, -0.05) is 127 Å². The van der Waals surface area contributed by atoms with Gasteiger partial charge in [-0.05, 0) is 52.0 Å².